The van der Waals surface area contributed by atoms with Gasteiger partial charge < -0.3 is 10.1 Å². The van der Waals surface area contributed by atoms with Crippen LogP contribution in [0.3, 0.4) is 0 Å². The predicted molar refractivity (Wildman–Crippen MR) is 73.3 cm³/mol. The first-order valence-electron chi connectivity index (χ1n) is 6.55. The third kappa shape index (κ3) is 6.44. The Morgan fingerprint density at radius 3 is 2.53 bits per heavy atom. The number of aryl methyl sites for hydroxylation is 1. The molecule has 0 saturated carbocycles. The predicted octanol–water partition coefficient (Wildman–Crippen LogP) is 3.02. The van der Waals surface area contributed by atoms with Gasteiger partial charge in [0.15, 0.2) is 0 Å². The molecule has 1 rings (SSSR count). The number of hydrogen-bond acceptors (Lipinski definition) is 2. The summed E-state index contributed by atoms with van der Waals surface area (Å²) in [5.74, 6) is 0. The second-order valence-corrected chi connectivity index (χ2v) is 4.70. The van der Waals surface area contributed by atoms with Crippen molar-refractivity contribution < 1.29 is 4.74 Å². The molecule has 0 aliphatic carbocycles. The Hall–Kier alpha value is -0.860. The van der Waals surface area contributed by atoms with Crippen LogP contribution in [0.2, 0.25) is 0 Å². The molecule has 0 fully saturated rings. The lowest BCUT2D eigenvalue weighted by molar-refractivity contribution is 0.0534. The summed E-state index contributed by atoms with van der Waals surface area (Å²) in [4.78, 5) is 0. The molecule has 0 heterocycles. The molecule has 96 valence electrons. The van der Waals surface area contributed by atoms with Gasteiger partial charge in [0.25, 0.3) is 0 Å². The molecule has 0 bridgehead atoms. The first-order valence-corrected chi connectivity index (χ1v) is 6.55. The van der Waals surface area contributed by atoms with Crippen LogP contribution in [0.15, 0.2) is 30.3 Å². The standard InChI is InChI=1S/C15H25NO/c1-13(16-3)12-14(2)17-11-7-10-15-8-5-4-6-9-15/h4-6,8-9,13-14,16H,7,10-12H2,1-3H3. The van der Waals surface area contributed by atoms with E-state index in [1.54, 1.807) is 0 Å². The average Bonchev–Trinajstić information content (AvgIpc) is 2.36. The lowest BCUT2D eigenvalue weighted by atomic mass is 10.1. The van der Waals surface area contributed by atoms with Gasteiger partial charge in [-0.2, -0.15) is 0 Å². The number of hydrogen-bond donors (Lipinski definition) is 1. The maximum absolute atomic E-state index is 5.80. The van der Waals surface area contributed by atoms with Gasteiger partial charge in [0, 0.05) is 12.6 Å². The summed E-state index contributed by atoms with van der Waals surface area (Å²) >= 11 is 0. The lowest BCUT2D eigenvalue weighted by Gasteiger charge is -2.17. The second kappa shape index (κ2) is 8.26. The first kappa shape index (κ1) is 14.2. The second-order valence-electron chi connectivity index (χ2n) is 4.70. The topological polar surface area (TPSA) is 21.3 Å². The molecule has 0 saturated heterocycles. The quantitative estimate of drug-likeness (QED) is 0.699. The normalized spacial score (nSPS) is 14.5. The third-order valence-corrected chi connectivity index (χ3v) is 3.03. The SMILES string of the molecule is CNC(C)CC(C)OCCCc1ccccc1. The van der Waals surface area contributed by atoms with Crippen molar-refractivity contribution in [2.45, 2.75) is 45.3 Å². The van der Waals surface area contributed by atoms with Crippen LogP contribution in [0.4, 0.5) is 0 Å². The summed E-state index contributed by atoms with van der Waals surface area (Å²) in [6.07, 6.45) is 3.62. The molecular formula is C15H25NO. The van der Waals surface area contributed by atoms with Crippen LogP contribution in [-0.2, 0) is 11.2 Å². The minimum Gasteiger partial charge on any atom is -0.378 e. The largest absolute Gasteiger partial charge is 0.378 e. The van der Waals surface area contributed by atoms with Crippen molar-refractivity contribution in [2.75, 3.05) is 13.7 Å². The Labute approximate surface area is 105 Å². The van der Waals surface area contributed by atoms with Crippen molar-refractivity contribution in [3.8, 4) is 0 Å². The fourth-order valence-electron chi connectivity index (χ4n) is 1.89. The van der Waals surface area contributed by atoms with Crippen LogP contribution in [0.1, 0.15) is 32.3 Å². The van der Waals surface area contributed by atoms with E-state index in [1.807, 2.05) is 7.05 Å². The van der Waals surface area contributed by atoms with Crippen molar-refractivity contribution in [2.24, 2.45) is 0 Å². The zero-order chi connectivity index (χ0) is 12.5. The molecule has 1 aromatic carbocycles. The van der Waals surface area contributed by atoms with Gasteiger partial charge in [0.1, 0.15) is 0 Å². The Bertz CT molecular complexity index is 286. The monoisotopic (exact) mass is 235 g/mol. The van der Waals surface area contributed by atoms with Crippen molar-refractivity contribution >= 4 is 0 Å². The van der Waals surface area contributed by atoms with Crippen LogP contribution in [0, 0.1) is 0 Å². The van der Waals surface area contributed by atoms with E-state index in [-0.39, 0.29) is 0 Å². The highest BCUT2D eigenvalue weighted by Crippen LogP contribution is 2.05. The smallest absolute Gasteiger partial charge is 0.0561 e. The van der Waals surface area contributed by atoms with E-state index < -0.39 is 0 Å². The van der Waals surface area contributed by atoms with Gasteiger partial charge in [0.2, 0.25) is 0 Å². The molecule has 2 atom stereocenters. The van der Waals surface area contributed by atoms with Crippen LogP contribution >= 0.6 is 0 Å². The van der Waals surface area contributed by atoms with E-state index in [1.165, 1.54) is 5.56 Å². The summed E-state index contributed by atoms with van der Waals surface area (Å²) in [6, 6.07) is 11.1. The summed E-state index contributed by atoms with van der Waals surface area (Å²) < 4.78 is 5.80. The molecule has 2 nitrogen and oxygen atoms in total. The minimum atomic E-state index is 0.341. The molecular weight excluding hydrogens is 210 g/mol. The molecule has 0 aromatic heterocycles. The number of ether oxygens (including phenoxy) is 1. The maximum atomic E-state index is 5.80. The van der Waals surface area contributed by atoms with Gasteiger partial charge in [-0.1, -0.05) is 30.3 Å². The van der Waals surface area contributed by atoms with E-state index in [9.17, 15) is 0 Å². The van der Waals surface area contributed by atoms with Crippen molar-refractivity contribution in [1.29, 1.82) is 0 Å². The van der Waals surface area contributed by atoms with Crippen molar-refractivity contribution in [3.63, 3.8) is 0 Å². The number of rotatable bonds is 8. The van der Waals surface area contributed by atoms with Crippen LogP contribution < -0.4 is 5.32 Å². The van der Waals surface area contributed by atoms with E-state index in [2.05, 4.69) is 49.5 Å². The Morgan fingerprint density at radius 2 is 1.88 bits per heavy atom. The van der Waals surface area contributed by atoms with Gasteiger partial charge in [-0.25, -0.2) is 0 Å². The van der Waals surface area contributed by atoms with Gasteiger partial charge in [-0.05, 0) is 45.7 Å². The number of benzene rings is 1. The van der Waals surface area contributed by atoms with Gasteiger partial charge in [0.05, 0.1) is 6.10 Å². The van der Waals surface area contributed by atoms with Crippen molar-refractivity contribution in [3.05, 3.63) is 35.9 Å². The van der Waals surface area contributed by atoms with Crippen LogP contribution in [0.25, 0.3) is 0 Å². The molecule has 0 aliphatic heterocycles. The van der Waals surface area contributed by atoms with Crippen molar-refractivity contribution in [1.82, 2.24) is 5.32 Å². The number of nitrogens with one attached hydrogen (secondary N) is 1. The molecule has 0 amide bonds. The van der Waals surface area contributed by atoms with E-state index in [4.69, 9.17) is 4.74 Å². The third-order valence-electron chi connectivity index (χ3n) is 3.03. The average molecular weight is 235 g/mol. The molecule has 0 radical (unpaired) electrons. The molecule has 1 N–H and O–H groups in total. The van der Waals surface area contributed by atoms with Gasteiger partial charge in [-0.15, -0.1) is 0 Å². The fourth-order valence-corrected chi connectivity index (χ4v) is 1.89. The summed E-state index contributed by atoms with van der Waals surface area (Å²) in [5, 5.41) is 3.23. The fraction of sp³-hybridized carbons (Fsp3) is 0.600. The van der Waals surface area contributed by atoms with E-state index in [0.29, 0.717) is 12.1 Å². The summed E-state index contributed by atoms with van der Waals surface area (Å²) in [7, 11) is 1.99. The highest BCUT2D eigenvalue weighted by molar-refractivity contribution is 5.14. The van der Waals surface area contributed by atoms with E-state index >= 15 is 0 Å². The molecule has 0 aliphatic rings. The molecule has 17 heavy (non-hydrogen) atoms. The maximum Gasteiger partial charge on any atom is 0.0561 e. The summed E-state index contributed by atoms with van der Waals surface area (Å²) in [6.45, 7) is 5.19. The highest BCUT2D eigenvalue weighted by Gasteiger charge is 2.06. The van der Waals surface area contributed by atoms with Crippen LogP contribution in [-0.4, -0.2) is 25.8 Å². The minimum absolute atomic E-state index is 0.341. The molecule has 1 aromatic rings. The molecule has 2 heteroatoms. The van der Waals surface area contributed by atoms with Gasteiger partial charge >= 0.3 is 0 Å². The summed E-state index contributed by atoms with van der Waals surface area (Å²) in [5.41, 5.74) is 1.40. The first-order chi connectivity index (χ1) is 8.22. The highest BCUT2D eigenvalue weighted by atomic mass is 16.5. The Kier molecular flexibility index (Phi) is 6.90. The molecule has 0 spiro atoms. The zero-order valence-electron chi connectivity index (χ0n) is 11.3. The Balaban J connectivity index is 2.08. The Morgan fingerprint density at radius 1 is 1.18 bits per heavy atom. The molecule has 2 unspecified atom stereocenters. The van der Waals surface area contributed by atoms with Crippen LogP contribution in [0.5, 0.6) is 0 Å². The van der Waals surface area contributed by atoms with Gasteiger partial charge in [-0.3, -0.25) is 0 Å². The van der Waals surface area contributed by atoms with E-state index in [0.717, 1.165) is 25.9 Å². The lowest BCUT2D eigenvalue weighted by Crippen LogP contribution is -2.26. The zero-order valence-corrected chi connectivity index (χ0v) is 11.3.